The summed E-state index contributed by atoms with van der Waals surface area (Å²) in [5.74, 6) is 0.279. The van der Waals surface area contributed by atoms with Gasteiger partial charge in [0.05, 0.1) is 5.69 Å². The maximum absolute atomic E-state index is 13.7. The largest absolute Gasteiger partial charge is 0.384 e. The lowest BCUT2D eigenvalue weighted by Crippen LogP contribution is -1.96. The first-order valence-electron chi connectivity index (χ1n) is 4.64. The van der Waals surface area contributed by atoms with Crippen LogP contribution in [0.2, 0.25) is 0 Å². The Labute approximate surface area is 87.3 Å². The molecule has 0 amide bonds. The fourth-order valence-corrected chi connectivity index (χ4v) is 1.46. The molecule has 0 fully saturated rings. The van der Waals surface area contributed by atoms with Crippen LogP contribution in [0.15, 0.2) is 24.3 Å². The van der Waals surface area contributed by atoms with Gasteiger partial charge >= 0.3 is 0 Å². The molecule has 0 saturated heterocycles. The number of anilines is 1. The molecule has 1 aromatic carbocycles. The zero-order valence-electron chi connectivity index (χ0n) is 8.66. The van der Waals surface area contributed by atoms with Crippen LogP contribution in [0.4, 0.5) is 10.2 Å². The lowest BCUT2D eigenvalue weighted by atomic mass is 10.1. The predicted molar refractivity (Wildman–Crippen MR) is 57.8 cm³/mol. The molecule has 15 heavy (non-hydrogen) atoms. The summed E-state index contributed by atoms with van der Waals surface area (Å²) >= 11 is 0. The number of aromatic nitrogens is 2. The molecule has 2 aromatic rings. The van der Waals surface area contributed by atoms with Crippen LogP contribution >= 0.6 is 0 Å². The van der Waals surface area contributed by atoms with Crippen LogP contribution in [-0.4, -0.2) is 9.78 Å². The number of hydrogen-bond donors (Lipinski definition) is 1. The Morgan fingerprint density at radius 2 is 2.13 bits per heavy atom. The van der Waals surface area contributed by atoms with Gasteiger partial charge in [-0.25, -0.2) is 4.39 Å². The Morgan fingerprint density at radius 3 is 2.73 bits per heavy atom. The Kier molecular flexibility index (Phi) is 2.19. The molecular weight excluding hydrogens is 193 g/mol. The number of hydrogen-bond acceptors (Lipinski definition) is 2. The van der Waals surface area contributed by atoms with Gasteiger partial charge in [0.1, 0.15) is 11.6 Å². The summed E-state index contributed by atoms with van der Waals surface area (Å²) < 4.78 is 15.3. The highest BCUT2D eigenvalue weighted by molar-refractivity contribution is 5.63. The van der Waals surface area contributed by atoms with Crippen molar-refractivity contribution in [3.05, 3.63) is 35.6 Å². The van der Waals surface area contributed by atoms with Crippen LogP contribution in [0.1, 0.15) is 5.56 Å². The summed E-state index contributed by atoms with van der Waals surface area (Å²) in [5, 5.41) is 4.13. The summed E-state index contributed by atoms with van der Waals surface area (Å²) in [6.45, 7) is 1.73. The van der Waals surface area contributed by atoms with E-state index in [2.05, 4.69) is 5.10 Å². The lowest BCUT2D eigenvalue weighted by Gasteiger charge is -2.01. The molecule has 1 aromatic heterocycles. The molecule has 78 valence electrons. The number of nitrogen functional groups attached to an aromatic ring is 1. The van der Waals surface area contributed by atoms with Gasteiger partial charge in [0, 0.05) is 18.7 Å². The highest BCUT2D eigenvalue weighted by atomic mass is 19.1. The molecule has 0 aliphatic carbocycles. The van der Waals surface area contributed by atoms with Crippen molar-refractivity contribution >= 4 is 5.82 Å². The first kappa shape index (κ1) is 9.71. The van der Waals surface area contributed by atoms with Gasteiger partial charge in [0.15, 0.2) is 0 Å². The SMILES string of the molecule is Cc1cccc(-c2cc(N)n(C)n2)c1F. The molecule has 0 bridgehead atoms. The molecule has 0 aliphatic heterocycles. The quantitative estimate of drug-likeness (QED) is 0.774. The molecule has 0 atom stereocenters. The second-order valence-electron chi connectivity index (χ2n) is 3.51. The summed E-state index contributed by atoms with van der Waals surface area (Å²) in [5.41, 5.74) is 7.31. The van der Waals surface area contributed by atoms with E-state index >= 15 is 0 Å². The molecule has 2 N–H and O–H groups in total. The van der Waals surface area contributed by atoms with Crippen molar-refractivity contribution < 1.29 is 4.39 Å². The van der Waals surface area contributed by atoms with Crippen LogP contribution in [0, 0.1) is 12.7 Å². The number of rotatable bonds is 1. The van der Waals surface area contributed by atoms with E-state index in [1.807, 2.05) is 0 Å². The third-order valence-electron chi connectivity index (χ3n) is 2.38. The maximum Gasteiger partial charge on any atom is 0.135 e. The molecule has 0 spiro atoms. The zero-order valence-corrected chi connectivity index (χ0v) is 8.66. The minimum Gasteiger partial charge on any atom is -0.384 e. The summed E-state index contributed by atoms with van der Waals surface area (Å²) in [6, 6.07) is 6.89. The molecule has 0 aliphatic rings. The predicted octanol–water partition coefficient (Wildman–Crippen LogP) is 2.12. The van der Waals surface area contributed by atoms with Gasteiger partial charge < -0.3 is 5.73 Å². The van der Waals surface area contributed by atoms with Crippen molar-refractivity contribution in [3.63, 3.8) is 0 Å². The second kappa shape index (κ2) is 3.38. The summed E-state index contributed by atoms with van der Waals surface area (Å²) in [7, 11) is 1.73. The van der Waals surface area contributed by atoms with E-state index < -0.39 is 0 Å². The number of benzene rings is 1. The van der Waals surface area contributed by atoms with Gasteiger partial charge in [-0.3, -0.25) is 4.68 Å². The summed E-state index contributed by atoms with van der Waals surface area (Å²) in [6.07, 6.45) is 0. The van der Waals surface area contributed by atoms with Crippen LogP contribution in [0.25, 0.3) is 11.3 Å². The first-order chi connectivity index (χ1) is 7.09. The maximum atomic E-state index is 13.7. The molecule has 0 unspecified atom stereocenters. The molecule has 3 nitrogen and oxygen atoms in total. The molecular formula is C11H12FN3. The third-order valence-corrected chi connectivity index (χ3v) is 2.38. The minimum atomic E-state index is -0.240. The highest BCUT2D eigenvalue weighted by Gasteiger charge is 2.10. The standard InChI is InChI=1S/C11H12FN3/c1-7-4-3-5-8(11(7)12)9-6-10(13)15(2)14-9/h3-6H,13H2,1-2H3. The van der Waals surface area contributed by atoms with Gasteiger partial charge in [-0.05, 0) is 18.6 Å². The van der Waals surface area contributed by atoms with Gasteiger partial charge in [-0.1, -0.05) is 12.1 Å². The molecule has 0 saturated carbocycles. The Bertz CT molecular complexity index is 483. The van der Waals surface area contributed by atoms with E-state index in [-0.39, 0.29) is 5.82 Å². The average molecular weight is 205 g/mol. The van der Waals surface area contributed by atoms with Crippen molar-refractivity contribution in [2.75, 3.05) is 5.73 Å². The topological polar surface area (TPSA) is 43.8 Å². The van der Waals surface area contributed by atoms with E-state index in [9.17, 15) is 4.39 Å². The Hall–Kier alpha value is -1.84. The first-order valence-corrected chi connectivity index (χ1v) is 4.64. The number of nitrogens with zero attached hydrogens (tertiary/aromatic N) is 2. The van der Waals surface area contributed by atoms with Crippen LogP contribution in [-0.2, 0) is 7.05 Å². The zero-order chi connectivity index (χ0) is 11.0. The molecule has 0 radical (unpaired) electrons. The average Bonchev–Trinajstić information content (AvgIpc) is 2.51. The number of halogens is 1. The molecule has 4 heteroatoms. The van der Waals surface area contributed by atoms with Crippen molar-refractivity contribution in [2.24, 2.45) is 7.05 Å². The van der Waals surface area contributed by atoms with Gasteiger partial charge in [-0.15, -0.1) is 0 Å². The normalized spacial score (nSPS) is 10.6. The van der Waals surface area contributed by atoms with E-state index in [1.165, 1.54) is 4.68 Å². The lowest BCUT2D eigenvalue weighted by molar-refractivity contribution is 0.621. The molecule has 2 rings (SSSR count). The Balaban J connectivity index is 2.59. The van der Waals surface area contributed by atoms with E-state index in [0.717, 1.165) is 0 Å². The smallest absolute Gasteiger partial charge is 0.135 e. The second-order valence-corrected chi connectivity index (χ2v) is 3.51. The highest BCUT2D eigenvalue weighted by Crippen LogP contribution is 2.24. The fourth-order valence-electron chi connectivity index (χ4n) is 1.46. The van der Waals surface area contributed by atoms with Crippen molar-refractivity contribution in [1.29, 1.82) is 0 Å². The van der Waals surface area contributed by atoms with Crippen molar-refractivity contribution in [2.45, 2.75) is 6.92 Å². The Morgan fingerprint density at radius 1 is 1.40 bits per heavy atom. The van der Waals surface area contributed by atoms with E-state index in [1.54, 1.807) is 38.2 Å². The monoisotopic (exact) mass is 205 g/mol. The van der Waals surface area contributed by atoms with E-state index in [0.29, 0.717) is 22.6 Å². The molecule has 1 heterocycles. The number of nitrogens with two attached hydrogens (primary N) is 1. The van der Waals surface area contributed by atoms with Crippen LogP contribution in [0.5, 0.6) is 0 Å². The van der Waals surface area contributed by atoms with Gasteiger partial charge in [0.2, 0.25) is 0 Å². The van der Waals surface area contributed by atoms with Crippen LogP contribution in [0.3, 0.4) is 0 Å². The van der Waals surface area contributed by atoms with Gasteiger partial charge in [0.25, 0.3) is 0 Å². The van der Waals surface area contributed by atoms with Gasteiger partial charge in [-0.2, -0.15) is 5.10 Å². The third kappa shape index (κ3) is 1.58. The van der Waals surface area contributed by atoms with Crippen molar-refractivity contribution in [1.82, 2.24) is 9.78 Å². The minimum absolute atomic E-state index is 0.240. The van der Waals surface area contributed by atoms with E-state index in [4.69, 9.17) is 5.73 Å². The summed E-state index contributed by atoms with van der Waals surface area (Å²) in [4.78, 5) is 0. The van der Waals surface area contributed by atoms with Crippen LogP contribution < -0.4 is 5.73 Å². The van der Waals surface area contributed by atoms with Crippen molar-refractivity contribution in [3.8, 4) is 11.3 Å². The number of aryl methyl sites for hydroxylation is 2. The fraction of sp³-hybridized carbons (Fsp3) is 0.182.